The quantitative estimate of drug-likeness (QED) is 0.680. The summed E-state index contributed by atoms with van der Waals surface area (Å²) in [7, 11) is 0. The van der Waals surface area contributed by atoms with Crippen molar-refractivity contribution in [3.63, 3.8) is 0 Å². The lowest BCUT2D eigenvalue weighted by atomic mass is 10.4. The molecule has 2 aromatic rings. The number of thiocarbonyl (C=S) groups is 1. The number of carbonyl (C=O) groups is 2. The van der Waals surface area contributed by atoms with E-state index in [0.717, 1.165) is 9.89 Å². The van der Waals surface area contributed by atoms with Gasteiger partial charge in [0, 0.05) is 4.88 Å². The number of amides is 2. The van der Waals surface area contributed by atoms with Crippen molar-refractivity contribution in [3.05, 3.63) is 49.7 Å². The van der Waals surface area contributed by atoms with E-state index < -0.39 is 0 Å². The molecule has 0 spiro atoms. The van der Waals surface area contributed by atoms with Crippen LogP contribution in [-0.2, 0) is 4.79 Å². The van der Waals surface area contributed by atoms with E-state index in [0.29, 0.717) is 14.1 Å². The lowest BCUT2D eigenvalue weighted by molar-refractivity contribution is -0.123. The maximum Gasteiger partial charge on any atom is 0.285 e. The number of hydrazine groups is 1. The minimum absolute atomic E-state index is 0.302. The third kappa shape index (κ3) is 3.08. The molecule has 1 N–H and O–H groups in total. The number of nitrogens with zero attached hydrogens (tertiary/aromatic N) is 1. The van der Waals surface area contributed by atoms with Crippen LogP contribution in [0.4, 0.5) is 0 Å². The monoisotopic (exact) mass is 352 g/mol. The molecule has 0 aromatic carbocycles. The average molecular weight is 352 g/mol. The number of thioether (sulfide) groups is 1. The number of hydrogen-bond acceptors (Lipinski definition) is 6. The van der Waals surface area contributed by atoms with Crippen LogP contribution in [0.2, 0.25) is 0 Å². The summed E-state index contributed by atoms with van der Waals surface area (Å²) in [4.78, 5) is 26.3. The van der Waals surface area contributed by atoms with E-state index in [-0.39, 0.29) is 11.8 Å². The van der Waals surface area contributed by atoms with Gasteiger partial charge in [0.2, 0.25) is 0 Å². The fraction of sp³-hybridized carbons (Fsp3) is 0. The molecule has 1 aliphatic rings. The van der Waals surface area contributed by atoms with Gasteiger partial charge in [0.05, 0.1) is 9.78 Å². The molecule has 3 rings (SSSR count). The van der Waals surface area contributed by atoms with Crippen LogP contribution in [0.5, 0.6) is 0 Å². The van der Waals surface area contributed by atoms with Crippen LogP contribution in [-0.4, -0.2) is 21.1 Å². The summed E-state index contributed by atoms with van der Waals surface area (Å²) in [5.74, 6) is -0.637. The predicted molar refractivity (Wildman–Crippen MR) is 91.1 cm³/mol. The summed E-state index contributed by atoms with van der Waals surface area (Å²) >= 11 is 9.19. The molecule has 2 aromatic heterocycles. The van der Waals surface area contributed by atoms with E-state index >= 15 is 0 Å². The van der Waals surface area contributed by atoms with Crippen molar-refractivity contribution in [3.8, 4) is 0 Å². The number of rotatable bonds is 3. The first-order valence-corrected chi connectivity index (χ1v) is 8.79. The number of thiophene rings is 2. The summed E-state index contributed by atoms with van der Waals surface area (Å²) < 4.78 is 0.327. The van der Waals surface area contributed by atoms with Crippen LogP contribution in [0.1, 0.15) is 14.5 Å². The fourth-order valence-corrected chi connectivity index (χ4v) is 4.15. The zero-order valence-corrected chi connectivity index (χ0v) is 13.7. The van der Waals surface area contributed by atoms with Crippen molar-refractivity contribution < 1.29 is 9.59 Å². The average Bonchev–Trinajstić information content (AvgIpc) is 3.18. The van der Waals surface area contributed by atoms with E-state index in [9.17, 15) is 9.59 Å². The first-order chi connectivity index (χ1) is 10.1. The molecule has 1 fully saturated rings. The second-order valence-corrected chi connectivity index (χ2v) is 7.55. The summed E-state index contributed by atoms with van der Waals surface area (Å²) in [5, 5.41) is 4.86. The van der Waals surface area contributed by atoms with Crippen LogP contribution >= 0.6 is 46.7 Å². The van der Waals surface area contributed by atoms with Gasteiger partial charge >= 0.3 is 0 Å². The maximum atomic E-state index is 12.3. The van der Waals surface area contributed by atoms with Crippen LogP contribution in [0.15, 0.2) is 39.9 Å². The highest BCUT2D eigenvalue weighted by Crippen LogP contribution is 2.32. The Balaban J connectivity index is 1.77. The molecule has 0 bridgehead atoms. The topological polar surface area (TPSA) is 49.4 Å². The molecule has 0 radical (unpaired) electrons. The molecule has 0 unspecified atom stereocenters. The van der Waals surface area contributed by atoms with Crippen molar-refractivity contribution in [2.24, 2.45) is 0 Å². The van der Waals surface area contributed by atoms with Gasteiger partial charge in [-0.3, -0.25) is 15.0 Å². The van der Waals surface area contributed by atoms with Gasteiger partial charge in [0.1, 0.15) is 0 Å². The largest absolute Gasteiger partial charge is 0.285 e. The highest BCUT2D eigenvalue weighted by molar-refractivity contribution is 8.26. The summed E-state index contributed by atoms with van der Waals surface area (Å²) in [6.45, 7) is 0. The molecule has 106 valence electrons. The summed E-state index contributed by atoms with van der Waals surface area (Å²) in [5.41, 5.74) is 2.55. The predicted octanol–water partition coefficient (Wildman–Crippen LogP) is 3.36. The molecular weight excluding hydrogens is 344 g/mol. The molecule has 21 heavy (non-hydrogen) atoms. The first kappa shape index (κ1) is 14.5. The Morgan fingerprint density at radius 1 is 1.24 bits per heavy atom. The standard InChI is InChI=1S/C13H8N2O2S4/c16-11(9-4-2-6-20-9)14-15-12(17)10(21-13(15)18)7-8-3-1-5-19-8/h1-7H,(H,14,16)/b10-7-. The van der Waals surface area contributed by atoms with Crippen molar-refractivity contribution in [1.82, 2.24) is 10.4 Å². The Morgan fingerprint density at radius 3 is 2.67 bits per heavy atom. The Labute approximate surface area is 138 Å². The van der Waals surface area contributed by atoms with Gasteiger partial charge in [-0.15, -0.1) is 22.7 Å². The zero-order chi connectivity index (χ0) is 14.8. The lowest BCUT2D eigenvalue weighted by Gasteiger charge is -2.14. The second-order valence-electron chi connectivity index (χ2n) is 3.95. The summed E-state index contributed by atoms with van der Waals surface area (Å²) in [6, 6.07) is 7.30. The minimum atomic E-state index is -0.335. The Morgan fingerprint density at radius 2 is 2.00 bits per heavy atom. The van der Waals surface area contributed by atoms with E-state index in [4.69, 9.17) is 12.2 Å². The minimum Gasteiger partial charge on any atom is -0.266 e. The van der Waals surface area contributed by atoms with Crippen molar-refractivity contribution >= 4 is 68.9 Å². The third-order valence-corrected chi connectivity index (χ3v) is 5.56. The van der Waals surface area contributed by atoms with Crippen LogP contribution in [0, 0.1) is 0 Å². The number of carbonyl (C=O) groups excluding carboxylic acids is 2. The smallest absolute Gasteiger partial charge is 0.266 e. The molecular formula is C13H8N2O2S4. The van der Waals surface area contributed by atoms with Gasteiger partial charge in [-0.1, -0.05) is 23.9 Å². The highest BCUT2D eigenvalue weighted by atomic mass is 32.2. The Hall–Kier alpha value is -1.48. The summed E-state index contributed by atoms with van der Waals surface area (Å²) in [6.07, 6.45) is 1.78. The van der Waals surface area contributed by atoms with Gasteiger partial charge in [-0.05, 0) is 41.2 Å². The number of hydrogen-bond donors (Lipinski definition) is 1. The SMILES string of the molecule is O=C(NN1C(=O)/C(=C/c2cccs2)SC1=S)c1cccs1. The molecule has 3 heterocycles. The van der Waals surface area contributed by atoms with Crippen LogP contribution in [0.3, 0.4) is 0 Å². The van der Waals surface area contributed by atoms with Crippen molar-refractivity contribution in [2.75, 3.05) is 0 Å². The van der Waals surface area contributed by atoms with Crippen LogP contribution in [0.25, 0.3) is 6.08 Å². The van der Waals surface area contributed by atoms with Gasteiger partial charge in [-0.25, -0.2) is 0 Å². The van der Waals surface area contributed by atoms with E-state index in [1.165, 1.54) is 34.4 Å². The van der Waals surface area contributed by atoms with Gasteiger partial charge in [-0.2, -0.15) is 5.01 Å². The molecule has 1 saturated heterocycles. The van der Waals surface area contributed by atoms with Gasteiger partial charge in [0.25, 0.3) is 11.8 Å². The molecule has 4 nitrogen and oxygen atoms in total. The van der Waals surface area contributed by atoms with Crippen molar-refractivity contribution in [1.29, 1.82) is 0 Å². The molecule has 0 atom stereocenters. The molecule has 0 aliphatic carbocycles. The maximum absolute atomic E-state index is 12.3. The molecule has 2 amide bonds. The highest BCUT2D eigenvalue weighted by Gasteiger charge is 2.33. The zero-order valence-electron chi connectivity index (χ0n) is 10.4. The number of nitrogens with one attached hydrogen (secondary N) is 1. The third-order valence-electron chi connectivity index (χ3n) is 2.57. The molecule has 0 saturated carbocycles. The van der Waals surface area contributed by atoms with Crippen molar-refractivity contribution in [2.45, 2.75) is 0 Å². The first-order valence-electron chi connectivity index (χ1n) is 5.81. The Bertz CT molecular complexity index is 719. The Kier molecular flexibility index (Phi) is 4.20. The molecule has 8 heteroatoms. The van der Waals surface area contributed by atoms with E-state index in [1.807, 2.05) is 17.5 Å². The van der Waals surface area contributed by atoms with E-state index in [2.05, 4.69) is 5.43 Å². The van der Waals surface area contributed by atoms with E-state index in [1.54, 1.807) is 23.6 Å². The normalized spacial score (nSPS) is 16.8. The van der Waals surface area contributed by atoms with Crippen LogP contribution < -0.4 is 5.43 Å². The lowest BCUT2D eigenvalue weighted by Crippen LogP contribution is -2.44. The van der Waals surface area contributed by atoms with Gasteiger partial charge < -0.3 is 0 Å². The molecule has 1 aliphatic heterocycles. The van der Waals surface area contributed by atoms with Gasteiger partial charge in [0.15, 0.2) is 4.32 Å². The fourth-order valence-electron chi connectivity index (χ4n) is 1.63. The second kappa shape index (κ2) is 6.10.